The van der Waals surface area contributed by atoms with Crippen molar-refractivity contribution in [2.75, 3.05) is 12.3 Å². The normalized spacial score (nSPS) is 10.4. The number of nitrogen functional groups attached to an aromatic ring is 1. The third kappa shape index (κ3) is 4.13. The van der Waals surface area contributed by atoms with Crippen LogP contribution in [0.4, 0.5) is 5.13 Å². The van der Waals surface area contributed by atoms with E-state index in [0.29, 0.717) is 0 Å². The van der Waals surface area contributed by atoms with Gasteiger partial charge in [0.15, 0.2) is 5.13 Å². The lowest BCUT2D eigenvalue weighted by atomic mass is 10.4. The van der Waals surface area contributed by atoms with Crippen LogP contribution in [0.1, 0.15) is 5.82 Å². The van der Waals surface area contributed by atoms with Crippen LogP contribution in [0.15, 0.2) is 17.8 Å². The number of halogens is 2. The van der Waals surface area contributed by atoms with Gasteiger partial charge in [0.1, 0.15) is 6.61 Å². The van der Waals surface area contributed by atoms with Crippen molar-refractivity contribution < 1.29 is 9.63 Å². The summed E-state index contributed by atoms with van der Waals surface area (Å²) in [4.78, 5) is 19.4. The number of nitrogens with two attached hydrogens (primary N) is 1. The average Bonchev–Trinajstić information content (AvgIpc) is 2.59. The zero-order chi connectivity index (χ0) is 11.3. The molecule has 0 fully saturated rings. The van der Waals surface area contributed by atoms with Crippen LogP contribution in [-0.4, -0.2) is 26.9 Å². The number of aromatic nitrogens is 2. The predicted octanol–water partition coefficient (Wildman–Crippen LogP) is 1.21. The van der Waals surface area contributed by atoms with Crippen LogP contribution in [-0.2, 0) is 9.63 Å². The first-order chi connectivity index (χ1) is 7.15. The van der Waals surface area contributed by atoms with Crippen molar-refractivity contribution in [3.63, 3.8) is 0 Å². The van der Waals surface area contributed by atoms with Crippen molar-refractivity contribution in [2.24, 2.45) is 5.16 Å². The maximum Gasteiger partial charge on any atom is 0.278 e. The number of hydrogen-bond acceptors (Lipinski definition) is 7. The molecule has 0 unspecified atom stereocenters. The first-order valence-corrected chi connectivity index (χ1v) is 4.90. The number of carbonyl (C=O) groups excluding carboxylic acids is 1. The predicted molar refractivity (Wildman–Crippen MR) is 65.1 cm³/mol. The van der Waals surface area contributed by atoms with Crippen LogP contribution in [0, 0.1) is 0 Å². The topological polar surface area (TPSA) is 90.5 Å². The molecule has 6 nitrogen and oxygen atoms in total. The SMILES string of the molecule is C=CCO/N=C(\C(=O)Cl)c1nsc(N)n1.Cl. The molecule has 0 atom stereocenters. The van der Waals surface area contributed by atoms with Gasteiger partial charge >= 0.3 is 0 Å². The largest absolute Gasteiger partial charge is 0.391 e. The molecule has 0 saturated heterocycles. The van der Waals surface area contributed by atoms with Gasteiger partial charge in [-0.1, -0.05) is 17.8 Å². The lowest BCUT2D eigenvalue weighted by Crippen LogP contribution is -2.12. The molecule has 88 valence electrons. The van der Waals surface area contributed by atoms with Crippen LogP contribution >= 0.6 is 35.5 Å². The fourth-order valence-electron chi connectivity index (χ4n) is 0.651. The molecule has 2 N–H and O–H groups in total. The van der Waals surface area contributed by atoms with E-state index in [0.717, 1.165) is 11.5 Å². The summed E-state index contributed by atoms with van der Waals surface area (Å²) in [6.45, 7) is 3.58. The molecule has 0 aliphatic rings. The Morgan fingerprint density at radius 2 is 2.44 bits per heavy atom. The molecule has 0 spiro atoms. The van der Waals surface area contributed by atoms with Gasteiger partial charge in [-0.05, 0) is 11.6 Å². The molecule has 0 aliphatic carbocycles. The van der Waals surface area contributed by atoms with E-state index in [1.807, 2.05) is 0 Å². The van der Waals surface area contributed by atoms with Gasteiger partial charge in [0, 0.05) is 11.5 Å². The van der Waals surface area contributed by atoms with Gasteiger partial charge in [0.2, 0.25) is 11.5 Å². The molecule has 0 amide bonds. The summed E-state index contributed by atoms with van der Waals surface area (Å²) in [5.74, 6) is 0.0570. The van der Waals surface area contributed by atoms with E-state index in [1.54, 1.807) is 0 Å². The number of nitrogens with zero attached hydrogens (tertiary/aromatic N) is 3. The molecule has 1 heterocycles. The van der Waals surface area contributed by atoms with E-state index < -0.39 is 5.24 Å². The molecule has 0 bridgehead atoms. The highest BCUT2D eigenvalue weighted by Crippen LogP contribution is 2.08. The molecule has 0 aromatic carbocycles. The molecule has 1 rings (SSSR count). The summed E-state index contributed by atoms with van der Waals surface area (Å²) < 4.78 is 3.78. The van der Waals surface area contributed by atoms with Gasteiger partial charge < -0.3 is 10.6 Å². The van der Waals surface area contributed by atoms with E-state index in [4.69, 9.17) is 22.2 Å². The van der Waals surface area contributed by atoms with Crippen molar-refractivity contribution >= 4 is 51.6 Å². The lowest BCUT2D eigenvalue weighted by molar-refractivity contribution is -0.106. The smallest absolute Gasteiger partial charge is 0.278 e. The monoisotopic (exact) mass is 282 g/mol. The summed E-state index contributed by atoms with van der Waals surface area (Å²) in [6, 6.07) is 0. The van der Waals surface area contributed by atoms with Crippen LogP contribution in [0.2, 0.25) is 0 Å². The highest BCUT2D eigenvalue weighted by molar-refractivity contribution is 7.09. The number of rotatable bonds is 5. The Kier molecular flexibility index (Phi) is 6.63. The Balaban J connectivity index is 0.00000225. The van der Waals surface area contributed by atoms with Crippen LogP contribution in [0.25, 0.3) is 0 Å². The van der Waals surface area contributed by atoms with Gasteiger partial charge in [0.05, 0.1) is 0 Å². The van der Waals surface area contributed by atoms with E-state index in [9.17, 15) is 4.79 Å². The third-order valence-electron chi connectivity index (χ3n) is 1.19. The quantitative estimate of drug-likeness (QED) is 0.288. The van der Waals surface area contributed by atoms with Crippen molar-refractivity contribution in [1.29, 1.82) is 0 Å². The fourth-order valence-corrected chi connectivity index (χ4v) is 1.20. The van der Waals surface area contributed by atoms with Crippen molar-refractivity contribution in [1.82, 2.24) is 9.36 Å². The Labute approximate surface area is 107 Å². The van der Waals surface area contributed by atoms with Crippen molar-refractivity contribution in [3.05, 3.63) is 18.5 Å². The summed E-state index contributed by atoms with van der Waals surface area (Å²) in [6.07, 6.45) is 1.47. The standard InChI is InChI=1S/C7H7ClN4O2S.ClH/c1-2-3-14-11-4(5(8)13)6-10-7(9)15-12-6;/h2H,1,3H2,(H2,9,10,12);1H/b11-4+;. The highest BCUT2D eigenvalue weighted by Gasteiger charge is 2.17. The summed E-state index contributed by atoms with van der Waals surface area (Å²) >= 11 is 6.21. The van der Waals surface area contributed by atoms with E-state index in [1.165, 1.54) is 6.08 Å². The number of oxime groups is 1. The number of hydrogen-bond donors (Lipinski definition) is 1. The molecule has 1 aromatic rings. The zero-order valence-electron chi connectivity index (χ0n) is 7.92. The fraction of sp³-hybridized carbons (Fsp3) is 0.143. The number of carbonyl (C=O) groups is 1. The Morgan fingerprint density at radius 3 is 2.88 bits per heavy atom. The zero-order valence-corrected chi connectivity index (χ0v) is 10.3. The minimum atomic E-state index is -0.808. The molecule has 9 heteroatoms. The lowest BCUT2D eigenvalue weighted by Gasteiger charge is -1.95. The van der Waals surface area contributed by atoms with E-state index >= 15 is 0 Å². The van der Waals surface area contributed by atoms with Gasteiger partial charge in [-0.15, -0.1) is 12.4 Å². The summed E-state index contributed by atoms with van der Waals surface area (Å²) in [5.41, 5.74) is 5.18. The maximum atomic E-state index is 11.0. The van der Waals surface area contributed by atoms with Crippen molar-refractivity contribution in [2.45, 2.75) is 0 Å². The van der Waals surface area contributed by atoms with Gasteiger partial charge in [0.25, 0.3) is 5.24 Å². The summed E-state index contributed by atoms with van der Waals surface area (Å²) in [7, 11) is 0. The highest BCUT2D eigenvalue weighted by atomic mass is 35.5. The third-order valence-corrected chi connectivity index (χ3v) is 1.91. The van der Waals surface area contributed by atoms with Gasteiger partial charge in [-0.25, -0.2) is 0 Å². The Morgan fingerprint density at radius 1 is 1.75 bits per heavy atom. The molecule has 1 aromatic heterocycles. The average molecular weight is 283 g/mol. The first kappa shape index (κ1) is 14.8. The number of anilines is 1. The van der Waals surface area contributed by atoms with E-state index in [-0.39, 0.29) is 35.7 Å². The molecule has 16 heavy (non-hydrogen) atoms. The van der Waals surface area contributed by atoms with Gasteiger partial charge in [-0.3, -0.25) is 4.79 Å². The molecular weight excluding hydrogens is 275 g/mol. The van der Waals surface area contributed by atoms with E-state index in [2.05, 4.69) is 21.1 Å². The van der Waals surface area contributed by atoms with Crippen LogP contribution in [0.3, 0.4) is 0 Å². The Hall–Kier alpha value is -1.18. The second-order valence-corrected chi connectivity index (χ2v) is 3.38. The van der Waals surface area contributed by atoms with Gasteiger partial charge in [-0.2, -0.15) is 9.36 Å². The summed E-state index contributed by atoms with van der Waals surface area (Å²) in [5, 5.41) is 2.90. The second-order valence-electron chi connectivity index (χ2n) is 2.25. The van der Waals surface area contributed by atoms with Crippen molar-refractivity contribution in [3.8, 4) is 0 Å². The second kappa shape index (κ2) is 7.15. The maximum absolute atomic E-state index is 11.0. The molecule has 0 saturated carbocycles. The molecule has 0 aliphatic heterocycles. The Bertz CT molecular complexity index is 407. The minimum Gasteiger partial charge on any atom is -0.391 e. The molecular formula is C7H8Cl2N4O2S. The van der Waals surface area contributed by atoms with Crippen LogP contribution in [0.5, 0.6) is 0 Å². The first-order valence-electron chi connectivity index (χ1n) is 3.75. The molecule has 0 radical (unpaired) electrons. The minimum absolute atomic E-state index is 0. The van der Waals surface area contributed by atoms with Crippen LogP contribution < -0.4 is 5.73 Å².